The van der Waals surface area contributed by atoms with Crippen molar-refractivity contribution in [3.05, 3.63) is 39.2 Å². The molecule has 0 saturated heterocycles. The van der Waals surface area contributed by atoms with Gasteiger partial charge in [-0.25, -0.2) is 4.39 Å². The normalized spacial score (nSPS) is 10.7. The van der Waals surface area contributed by atoms with Crippen molar-refractivity contribution in [2.75, 3.05) is 0 Å². The number of benzene rings is 1. The van der Waals surface area contributed by atoms with E-state index < -0.39 is 0 Å². The fourth-order valence-corrected chi connectivity index (χ4v) is 2.10. The van der Waals surface area contributed by atoms with Crippen LogP contribution in [0.25, 0.3) is 10.9 Å². The first-order chi connectivity index (χ1) is 6.18. The second-order valence-corrected chi connectivity index (χ2v) is 4.29. The second kappa shape index (κ2) is 3.35. The Morgan fingerprint density at radius 2 is 1.92 bits per heavy atom. The van der Waals surface area contributed by atoms with Crippen LogP contribution < -0.4 is 0 Å². The first-order valence-electron chi connectivity index (χ1n) is 3.58. The van der Waals surface area contributed by atoms with Crippen LogP contribution in [0.15, 0.2) is 33.3 Å². The van der Waals surface area contributed by atoms with Gasteiger partial charge in [0.2, 0.25) is 0 Å². The average Bonchev–Trinajstić information content (AvgIpc) is 2.07. The third-order valence-electron chi connectivity index (χ3n) is 1.71. The third-order valence-corrected chi connectivity index (χ3v) is 3.01. The molecule has 0 radical (unpaired) electrons. The van der Waals surface area contributed by atoms with Crippen LogP contribution in [0.2, 0.25) is 0 Å². The van der Waals surface area contributed by atoms with E-state index in [0.29, 0.717) is 4.47 Å². The molecule has 2 rings (SSSR count). The summed E-state index contributed by atoms with van der Waals surface area (Å²) in [5, 5.41) is 0.773. The Morgan fingerprint density at radius 1 is 1.15 bits per heavy atom. The summed E-state index contributed by atoms with van der Waals surface area (Å²) in [6.07, 6.45) is 1.68. The number of hydrogen-bond donors (Lipinski definition) is 0. The summed E-state index contributed by atoms with van der Waals surface area (Å²) in [5.74, 6) is -0.270. The molecule has 1 aromatic carbocycles. The van der Waals surface area contributed by atoms with Crippen LogP contribution in [-0.4, -0.2) is 4.98 Å². The summed E-state index contributed by atoms with van der Waals surface area (Å²) >= 11 is 6.60. The van der Waals surface area contributed by atoms with Gasteiger partial charge in [0.15, 0.2) is 0 Å². The molecule has 1 heterocycles. The first-order valence-corrected chi connectivity index (χ1v) is 5.16. The molecular weight excluding hydrogens is 301 g/mol. The quantitative estimate of drug-likeness (QED) is 0.719. The van der Waals surface area contributed by atoms with Crippen LogP contribution in [0.1, 0.15) is 0 Å². The van der Waals surface area contributed by atoms with Gasteiger partial charge in [0, 0.05) is 20.5 Å². The molecule has 0 amide bonds. The molecule has 0 aliphatic carbocycles. The van der Waals surface area contributed by atoms with Gasteiger partial charge in [-0.15, -0.1) is 0 Å². The Labute approximate surface area is 91.2 Å². The molecule has 0 atom stereocenters. The molecule has 66 valence electrons. The van der Waals surface area contributed by atoms with Gasteiger partial charge >= 0.3 is 0 Å². The number of halogens is 3. The van der Waals surface area contributed by atoms with Crippen molar-refractivity contribution in [3.63, 3.8) is 0 Å². The smallest absolute Gasteiger partial charge is 0.125 e. The Hall–Kier alpha value is -0.480. The van der Waals surface area contributed by atoms with Gasteiger partial charge in [-0.3, -0.25) is 4.98 Å². The van der Waals surface area contributed by atoms with Crippen molar-refractivity contribution in [3.8, 4) is 0 Å². The zero-order chi connectivity index (χ0) is 9.42. The Morgan fingerprint density at radius 3 is 2.69 bits per heavy atom. The minimum absolute atomic E-state index is 0.270. The third kappa shape index (κ3) is 1.60. The minimum atomic E-state index is -0.270. The lowest BCUT2D eigenvalue weighted by Gasteiger charge is -2.01. The maximum atomic E-state index is 13.0. The van der Waals surface area contributed by atoms with Gasteiger partial charge in [-0.1, -0.05) is 15.9 Å². The summed E-state index contributed by atoms with van der Waals surface area (Å²) in [5.41, 5.74) is 0.760. The summed E-state index contributed by atoms with van der Waals surface area (Å²) in [4.78, 5) is 4.14. The number of pyridine rings is 1. The van der Waals surface area contributed by atoms with Crippen LogP contribution in [0, 0.1) is 5.82 Å². The molecule has 0 N–H and O–H groups in total. The zero-order valence-electron chi connectivity index (χ0n) is 6.39. The number of hydrogen-bond acceptors (Lipinski definition) is 1. The van der Waals surface area contributed by atoms with E-state index in [0.717, 1.165) is 15.4 Å². The summed E-state index contributed by atoms with van der Waals surface area (Å²) < 4.78 is 14.5. The van der Waals surface area contributed by atoms with Crippen LogP contribution in [0.4, 0.5) is 4.39 Å². The molecule has 2 aromatic rings. The molecule has 1 nitrogen and oxygen atoms in total. The fraction of sp³-hybridized carbons (Fsp3) is 0. The number of fused-ring (bicyclic) bond motifs is 1. The van der Waals surface area contributed by atoms with Crippen LogP contribution >= 0.6 is 31.9 Å². The standard InChI is InChI=1S/C9H4Br2FN/c10-7-1-2-13-9-6(7)3-5(12)4-8(9)11/h1-4H. The van der Waals surface area contributed by atoms with Gasteiger partial charge in [-0.2, -0.15) is 0 Å². The molecule has 4 heteroatoms. The Kier molecular flexibility index (Phi) is 2.34. The van der Waals surface area contributed by atoms with Crippen molar-refractivity contribution in [1.82, 2.24) is 4.98 Å². The molecule has 0 fully saturated rings. The average molecular weight is 305 g/mol. The van der Waals surface area contributed by atoms with Crippen LogP contribution in [-0.2, 0) is 0 Å². The van der Waals surface area contributed by atoms with E-state index in [-0.39, 0.29) is 5.82 Å². The van der Waals surface area contributed by atoms with Crippen molar-refractivity contribution in [1.29, 1.82) is 0 Å². The maximum absolute atomic E-state index is 13.0. The molecule has 13 heavy (non-hydrogen) atoms. The highest BCUT2D eigenvalue weighted by Gasteiger charge is 2.05. The highest BCUT2D eigenvalue weighted by Crippen LogP contribution is 2.28. The number of nitrogens with zero attached hydrogens (tertiary/aromatic N) is 1. The zero-order valence-corrected chi connectivity index (χ0v) is 9.56. The van der Waals surface area contributed by atoms with E-state index in [1.165, 1.54) is 12.1 Å². The monoisotopic (exact) mass is 303 g/mol. The van der Waals surface area contributed by atoms with Gasteiger partial charge in [0.05, 0.1) is 5.52 Å². The van der Waals surface area contributed by atoms with Gasteiger partial charge < -0.3 is 0 Å². The Balaban J connectivity index is 2.94. The van der Waals surface area contributed by atoms with Crippen molar-refractivity contribution in [2.45, 2.75) is 0 Å². The molecule has 0 saturated carbocycles. The summed E-state index contributed by atoms with van der Waals surface area (Å²) in [7, 11) is 0. The lowest BCUT2D eigenvalue weighted by Crippen LogP contribution is -1.83. The maximum Gasteiger partial charge on any atom is 0.125 e. The lowest BCUT2D eigenvalue weighted by molar-refractivity contribution is 0.629. The van der Waals surface area contributed by atoms with E-state index in [2.05, 4.69) is 36.8 Å². The largest absolute Gasteiger partial charge is 0.255 e. The molecule has 0 aliphatic rings. The van der Waals surface area contributed by atoms with Gasteiger partial charge in [-0.05, 0) is 34.1 Å². The highest BCUT2D eigenvalue weighted by molar-refractivity contribution is 9.11. The fourth-order valence-electron chi connectivity index (χ4n) is 1.15. The molecule has 0 spiro atoms. The summed E-state index contributed by atoms with van der Waals surface area (Å²) in [6, 6.07) is 4.65. The predicted octanol–water partition coefficient (Wildman–Crippen LogP) is 3.90. The molecule has 1 aromatic heterocycles. The molecule has 0 unspecified atom stereocenters. The van der Waals surface area contributed by atoms with E-state index in [9.17, 15) is 4.39 Å². The first kappa shape index (κ1) is 9.09. The second-order valence-electron chi connectivity index (χ2n) is 2.58. The van der Waals surface area contributed by atoms with Crippen molar-refractivity contribution in [2.24, 2.45) is 0 Å². The van der Waals surface area contributed by atoms with E-state index in [1.54, 1.807) is 12.3 Å². The van der Waals surface area contributed by atoms with Gasteiger partial charge in [0.1, 0.15) is 5.82 Å². The molecule has 0 bridgehead atoms. The van der Waals surface area contributed by atoms with E-state index in [1.807, 2.05) is 0 Å². The topological polar surface area (TPSA) is 12.9 Å². The predicted molar refractivity (Wildman–Crippen MR) is 57.1 cm³/mol. The molecular formula is C9H4Br2FN. The van der Waals surface area contributed by atoms with Crippen LogP contribution in [0.3, 0.4) is 0 Å². The van der Waals surface area contributed by atoms with Crippen LogP contribution in [0.5, 0.6) is 0 Å². The SMILES string of the molecule is Fc1cc(Br)c2nccc(Br)c2c1. The Bertz CT molecular complexity index is 470. The van der Waals surface area contributed by atoms with E-state index >= 15 is 0 Å². The number of rotatable bonds is 0. The summed E-state index contributed by atoms with van der Waals surface area (Å²) in [6.45, 7) is 0. The minimum Gasteiger partial charge on any atom is -0.255 e. The highest BCUT2D eigenvalue weighted by atomic mass is 79.9. The molecule has 0 aliphatic heterocycles. The number of aromatic nitrogens is 1. The van der Waals surface area contributed by atoms with Crippen molar-refractivity contribution < 1.29 is 4.39 Å². The lowest BCUT2D eigenvalue weighted by atomic mass is 10.2. The van der Waals surface area contributed by atoms with Gasteiger partial charge in [0.25, 0.3) is 0 Å². The van der Waals surface area contributed by atoms with Crippen molar-refractivity contribution >= 4 is 42.8 Å². The van der Waals surface area contributed by atoms with E-state index in [4.69, 9.17) is 0 Å².